The average molecular weight is 290 g/mol. The fourth-order valence-electron chi connectivity index (χ4n) is 1.60. The van der Waals surface area contributed by atoms with Gasteiger partial charge in [-0.05, 0) is 32.4 Å². The summed E-state index contributed by atoms with van der Waals surface area (Å²) in [6.45, 7) is 7.28. The number of ketones is 1. The number of Topliss-reactive ketones (excluding diaryl/α,β-unsaturated/α-hetero) is 1. The maximum atomic E-state index is 12.1. The molecule has 0 amide bonds. The fraction of sp³-hybridized carbons (Fsp3) is 0.769. The van der Waals surface area contributed by atoms with Crippen LogP contribution < -0.4 is 0 Å². The highest BCUT2D eigenvalue weighted by Gasteiger charge is 2.47. The molecule has 0 saturated carbocycles. The Morgan fingerprint density at radius 2 is 1.89 bits per heavy atom. The first-order chi connectivity index (χ1) is 8.47. The Morgan fingerprint density at radius 1 is 1.28 bits per heavy atom. The number of carbonyl (C=O) groups is 2. The summed E-state index contributed by atoms with van der Waals surface area (Å²) >= 11 is 6.73. The van der Waals surface area contributed by atoms with Gasteiger partial charge in [0.2, 0.25) is 0 Å². The molecule has 1 atom stereocenters. The summed E-state index contributed by atoms with van der Waals surface area (Å²) in [5.41, 5.74) is -1.25. The van der Waals surface area contributed by atoms with E-state index < -0.39 is 11.4 Å². The zero-order chi connectivity index (χ0) is 14.2. The SMILES string of the molecule is CCCCSC(=S)C(CC)(C(C)=O)C(=O)OCC. The summed E-state index contributed by atoms with van der Waals surface area (Å²) in [7, 11) is 0. The van der Waals surface area contributed by atoms with Crippen LogP contribution >= 0.6 is 24.0 Å². The Hall–Kier alpha value is -0.420. The van der Waals surface area contributed by atoms with Crippen LogP contribution in [0.1, 0.15) is 47.0 Å². The highest BCUT2D eigenvalue weighted by atomic mass is 32.2. The lowest BCUT2D eigenvalue weighted by Crippen LogP contribution is -2.44. The molecule has 0 aliphatic rings. The van der Waals surface area contributed by atoms with Crippen LogP contribution in [-0.2, 0) is 14.3 Å². The van der Waals surface area contributed by atoms with Crippen LogP contribution in [0.5, 0.6) is 0 Å². The van der Waals surface area contributed by atoms with Crippen LogP contribution in [0.15, 0.2) is 0 Å². The van der Waals surface area contributed by atoms with Crippen LogP contribution in [0, 0.1) is 5.41 Å². The van der Waals surface area contributed by atoms with Gasteiger partial charge in [0.05, 0.1) is 10.8 Å². The van der Waals surface area contributed by atoms with E-state index in [9.17, 15) is 9.59 Å². The minimum Gasteiger partial charge on any atom is -0.465 e. The normalized spacial score (nSPS) is 13.8. The van der Waals surface area contributed by atoms with Crippen molar-refractivity contribution in [2.45, 2.75) is 47.0 Å². The molecular formula is C13H22O3S2. The molecule has 0 rings (SSSR count). The van der Waals surface area contributed by atoms with Crippen molar-refractivity contribution in [3.05, 3.63) is 0 Å². The van der Waals surface area contributed by atoms with E-state index in [1.807, 2.05) is 0 Å². The number of unbranched alkanes of at least 4 members (excludes halogenated alkanes) is 1. The quantitative estimate of drug-likeness (QED) is 0.297. The largest absolute Gasteiger partial charge is 0.465 e. The van der Waals surface area contributed by atoms with Gasteiger partial charge in [0.25, 0.3) is 0 Å². The smallest absolute Gasteiger partial charge is 0.325 e. The van der Waals surface area contributed by atoms with Crippen molar-refractivity contribution >= 4 is 39.9 Å². The van der Waals surface area contributed by atoms with Crippen molar-refractivity contribution in [2.75, 3.05) is 12.4 Å². The Bertz CT molecular complexity index is 315. The van der Waals surface area contributed by atoms with E-state index in [1.165, 1.54) is 18.7 Å². The van der Waals surface area contributed by atoms with Crippen molar-refractivity contribution in [3.63, 3.8) is 0 Å². The molecule has 1 unspecified atom stereocenters. The Morgan fingerprint density at radius 3 is 2.28 bits per heavy atom. The van der Waals surface area contributed by atoms with Crippen LogP contribution in [0.2, 0.25) is 0 Å². The molecule has 0 bridgehead atoms. The summed E-state index contributed by atoms with van der Waals surface area (Å²) < 4.78 is 5.47. The lowest BCUT2D eigenvalue weighted by molar-refractivity contribution is -0.154. The van der Waals surface area contributed by atoms with E-state index in [1.54, 1.807) is 13.8 Å². The number of rotatable bonds is 8. The second-order valence-corrected chi connectivity index (χ2v) is 5.80. The van der Waals surface area contributed by atoms with Crippen LogP contribution in [0.4, 0.5) is 0 Å². The molecule has 0 aliphatic carbocycles. The number of ether oxygens (including phenoxy) is 1. The molecule has 0 radical (unpaired) electrons. The molecule has 0 aromatic carbocycles. The second kappa shape index (κ2) is 8.64. The first-order valence-electron chi connectivity index (χ1n) is 6.32. The molecule has 0 heterocycles. The van der Waals surface area contributed by atoms with Crippen LogP contribution in [0.3, 0.4) is 0 Å². The van der Waals surface area contributed by atoms with Crippen molar-refractivity contribution in [3.8, 4) is 0 Å². The molecule has 5 heteroatoms. The van der Waals surface area contributed by atoms with Crippen molar-refractivity contribution in [1.29, 1.82) is 0 Å². The summed E-state index contributed by atoms with van der Waals surface area (Å²) in [5.74, 6) is 0.107. The maximum Gasteiger partial charge on any atom is 0.325 e. The van der Waals surface area contributed by atoms with Crippen molar-refractivity contribution in [2.24, 2.45) is 5.41 Å². The first-order valence-corrected chi connectivity index (χ1v) is 7.72. The Balaban J connectivity index is 5.02. The molecule has 0 aliphatic heterocycles. The minimum atomic E-state index is -1.25. The van der Waals surface area contributed by atoms with Gasteiger partial charge < -0.3 is 4.74 Å². The van der Waals surface area contributed by atoms with Gasteiger partial charge in [-0.25, -0.2) is 0 Å². The summed E-state index contributed by atoms with van der Waals surface area (Å²) in [5, 5.41) is 0. The van der Waals surface area contributed by atoms with E-state index >= 15 is 0 Å². The molecular weight excluding hydrogens is 268 g/mol. The van der Waals surface area contributed by atoms with E-state index in [0.29, 0.717) is 10.6 Å². The third-order valence-corrected chi connectivity index (χ3v) is 4.64. The molecule has 0 saturated heterocycles. The van der Waals surface area contributed by atoms with Crippen LogP contribution in [-0.4, -0.2) is 28.3 Å². The van der Waals surface area contributed by atoms with E-state index in [-0.39, 0.29) is 12.4 Å². The molecule has 18 heavy (non-hydrogen) atoms. The maximum absolute atomic E-state index is 12.1. The number of hydrogen-bond donors (Lipinski definition) is 0. The summed E-state index contributed by atoms with van der Waals surface area (Å²) in [6, 6.07) is 0. The average Bonchev–Trinajstić information content (AvgIpc) is 2.31. The molecule has 0 spiro atoms. The number of thiocarbonyl (C=S) groups is 1. The third kappa shape index (κ3) is 4.05. The fourth-order valence-corrected chi connectivity index (χ4v) is 3.45. The predicted octanol–water partition coefficient (Wildman–Crippen LogP) is 3.40. The van der Waals surface area contributed by atoms with Crippen molar-refractivity contribution < 1.29 is 14.3 Å². The molecule has 104 valence electrons. The van der Waals surface area contributed by atoms with Crippen LogP contribution in [0.25, 0.3) is 0 Å². The molecule has 0 N–H and O–H groups in total. The minimum absolute atomic E-state index is 0.225. The molecule has 0 aromatic heterocycles. The number of hydrogen-bond acceptors (Lipinski definition) is 5. The standard InChI is InChI=1S/C13H22O3S2/c1-5-8-9-18-12(17)13(6-2,10(4)14)11(15)16-7-3/h5-9H2,1-4H3. The van der Waals surface area contributed by atoms with Crippen molar-refractivity contribution in [1.82, 2.24) is 0 Å². The monoisotopic (exact) mass is 290 g/mol. The van der Waals surface area contributed by atoms with Gasteiger partial charge in [0.1, 0.15) is 0 Å². The lowest BCUT2D eigenvalue weighted by atomic mass is 9.83. The number of thioether (sulfide) groups is 1. The lowest BCUT2D eigenvalue weighted by Gasteiger charge is -2.27. The summed E-state index contributed by atoms with van der Waals surface area (Å²) in [6.07, 6.45) is 2.44. The predicted molar refractivity (Wildman–Crippen MR) is 80.0 cm³/mol. The highest BCUT2D eigenvalue weighted by Crippen LogP contribution is 2.33. The van der Waals surface area contributed by atoms with E-state index in [4.69, 9.17) is 17.0 Å². The van der Waals surface area contributed by atoms with E-state index in [2.05, 4.69) is 6.92 Å². The topological polar surface area (TPSA) is 43.4 Å². The molecule has 0 fully saturated rings. The number of carbonyl (C=O) groups excluding carboxylic acids is 2. The molecule has 0 aromatic rings. The highest BCUT2D eigenvalue weighted by molar-refractivity contribution is 8.23. The van der Waals surface area contributed by atoms with Gasteiger partial charge in [0, 0.05) is 0 Å². The Kier molecular flexibility index (Phi) is 8.44. The van der Waals surface area contributed by atoms with Gasteiger partial charge in [-0.15, -0.1) is 11.8 Å². The zero-order valence-corrected chi connectivity index (χ0v) is 13.2. The van der Waals surface area contributed by atoms with Gasteiger partial charge in [-0.2, -0.15) is 0 Å². The summed E-state index contributed by atoms with van der Waals surface area (Å²) in [4.78, 5) is 24.0. The molecule has 3 nitrogen and oxygen atoms in total. The van der Waals surface area contributed by atoms with Gasteiger partial charge in [-0.1, -0.05) is 32.5 Å². The van der Waals surface area contributed by atoms with E-state index in [0.717, 1.165) is 18.6 Å². The second-order valence-electron chi connectivity index (χ2n) is 4.03. The van der Waals surface area contributed by atoms with Gasteiger partial charge in [-0.3, -0.25) is 9.59 Å². The zero-order valence-electron chi connectivity index (χ0n) is 11.6. The van der Waals surface area contributed by atoms with Gasteiger partial charge in [0.15, 0.2) is 11.2 Å². The first kappa shape index (κ1) is 17.6. The third-order valence-electron chi connectivity index (χ3n) is 2.83. The van der Waals surface area contributed by atoms with Gasteiger partial charge >= 0.3 is 5.97 Å². The Labute approximate surface area is 119 Å². The number of esters is 1.